The number of anilines is 1. The second-order valence-corrected chi connectivity index (χ2v) is 5.41. The lowest BCUT2D eigenvalue weighted by molar-refractivity contribution is 0.279. The lowest BCUT2D eigenvalue weighted by Gasteiger charge is -2.31. The van der Waals surface area contributed by atoms with Gasteiger partial charge in [0.25, 0.3) is 0 Å². The van der Waals surface area contributed by atoms with Gasteiger partial charge in [-0.25, -0.2) is 4.98 Å². The van der Waals surface area contributed by atoms with E-state index in [0.717, 1.165) is 11.8 Å². The number of rotatable bonds is 4. The highest BCUT2D eigenvalue weighted by atomic mass is 16.5. The summed E-state index contributed by atoms with van der Waals surface area (Å²) in [5, 5.41) is 3.44. The third-order valence-corrected chi connectivity index (χ3v) is 3.43. The molecule has 1 N–H and O–H groups in total. The molecular weight excluding hydrogens is 226 g/mol. The van der Waals surface area contributed by atoms with E-state index in [-0.39, 0.29) is 0 Å². The van der Waals surface area contributed by atoms with Crippen LogP contribution in [0.4, 0.5) is 5.95 Å². The van der Waals surface area contributed by atoms with Crippen molar-refractivity contribution >= 4 is 5.95 Å². The highest BCUT2D eigenvalue weighted by Crippen LogP contribution is 2.29. The lowest BCUT2D eigenvalue weighted by atomic mass is 9.80. The summed E-state index contributed by atoms with van der Waals surface area (Å²) in [5.74, 6) is 2.89. The Kier molecular flexibility index (Phi) is 4.39. The lowest BCUT2D eigenvalue weighted by Crippen LogP contribution is -2.30. The van der Waals surface area contributed by atoms with Crippen molar-refractivity contribution in [2.75, 3.05) is 11.9 Å². The molecule has 0 saturated heterocycles. The third kappa shape index (κ3) is 3.59. The molecule has 0 amide bonds. The van der Waals surface area contributed by atoms with Crippen LogP contribution in [0.25, 0.3) is 0 Å². The van der Waals surface area contributed by atoms with Gasteiger partial charge in [0.15, 0.2) is 0 Å². The molecule has 1 fully saturated rings. The first-order valence-electron chi connectivity index (χ1n) is 6.89. The molecule has 2 unspecified atom stereocenters. The van der Waals surface area contributed by atoms with Crippen LogP contribution in [0.1, 0.15) is 40.0 Å². The maximum Gasteiger partial charge on any atom is 0.226 e. The number of aromatic nitrogens is 2. The van der Waals surface area contributed by atoms with E-state index >= 15 is 0 Å². The number of nitrogens with one attached hydrogen (secondary N) is 1. The predicted octanol–water partition coefficient (Wildman–Crippen LogP) is 3.11. The average molecular weight is 249 g/mol. The molecule has 100 valence electrons. The van der Waals surface area contributed by atoms with Gasteiger partial charge in [0.05, 0.1) is 6.61 Å². The van der Waals surface area contributed by atoms with Crippen molar-refractivity contribution in [3.05, 3.63) is 12.3 Å². The predicted molar refractivity (Wildman–Crippen MR) is 72.8 cm³/mol. The normalized spacial score (nSPS) is 27.8. The molecule has 4 nitrogen and oxygen atoms in total. The highest BCUT2D eigenvalue weighted by molar-refractivity contribution is 5.29. The molecule has 2 atom stereocenters. The number of hydrogen-bond acceptors (Lipinski definition) is 4. The second kappa shape index (κ2) is 6.03. The van der Waals surface area contributed by atoms with Crippen LogP contribution in [0.15, 0.2) is 12.3 Å². The summed E-state index contributed by atoms with van der Waals surface area (Å²) in [6, 6.07) is 2.28. The number of nitrogens with zero attached hydrogens (tertiary/aromatic N) is 2. The first-order chi connectivity index (χ1) is 8.67. The summed E-state index contributed by atoms with van der Waals surface area (Å²) in [6.45, 7) is 7.23. The van der Waals surface area contributed by atoms with E-state index in [0.29, 0.717) is 24.5 Å². The van der Waals surface area contributed by atoms with E-state index < -0.39 is 0 Å². The van der Waals surface area contributed by atoms with Crippen LogP contribution < -0.4 is 10.1 Å². The van der Waals surface area contributed by atoms with Crippen LogP contribution in [-0.2, 0) is 0 Å². The molecule has 1 aromatic rings. The smallest absolute Gasteiger partial charge is 0.226 e. The van der Waals surface area contributed by atoms with Crippen LogP contribution >= 0.6 is 0 Å². The zero-order valence-electron chi connectivity index (χ0n) is 11.5. The Hall–Kier alpha value is -1.32. The van der Waals surface area contributed by atoms with Gasteiger partial charge in [0.2, 0.25) is 11.8 Å². The van der Waals surface area contributed by atoms with Gasteiger partial charge in [0, 0.05) is 18.3 Å². The van der Waals surface area contributed by atoms with Crippen LogP contribution in [0, 0.1) is 11.8 Å². The van der Waals surface area contributed by atoms with Gasteiger partial charge in [-0.05, 0) is 38.0 Å². The zero-order valence-corrected chi connectivity index (χ0v) is 11.5. The molecule has 0 radical (unpaired) electrons. The largest absolute Gasteiger partial charge is 0.478 e. The Morgan fingerprint density at radius 1 is 1.28 bits per heavy atom. The van der Waals surface area contributed by atoms with Crippen molar-refractivity contribution in [3.8, 4) is 5.88 Å². The van der Waals surface area contributed by atoms with Gasteiger partial charge in [-0.3, -0.25) is 0 Å². The molecule has 0 aliphatic heterocycles. The van der Waals surface area contributed by atoms with E-state index in [9.17, 15) is 0 Å². The van der Waals surface area contributed by atoms with Gasteiger partial charge in [0.1, 0.15) is 0 Å². The second-order valence-electron chi connectivity index (χ2n) is 5.41. The highest BCUT2D eigenvalue weighted by Gasteiger charge is 2.24. The molecule has 2 rings (SSSR count). The molecule has 1 aliphatic carbocycles. The van der Waals surface area contributed by atoms with Gasteiger partial charge < -0.3 is 10.1 Å². The van der Waals surface area contributed by atoms with E-state index in [4.69, 9.17) is 4.74 Å². The third-order valence-electron chi connectivity index (χ3n) is 3.43. The topological polar surface area (TPSA) is 47.0 Å². The summed E-state index contributed by atoms with van der Waals surface area (Å²) in [6.07, 6.45) is 5.48. The van der Waals surface area contributed by atoms with Gasteiger partial charge >= 0.3 is 0 Å². The molecular formula is C14H23N3O. The first-order valence-corrected chi connectivity index (χ1v) is 6.89. The van der Waals surface area contributed by atoms with Crippen LogP contribution in [-0.4, -0.2) is 22.6 Å². The molecule has 1 saturated carbocycles. The Bertz CT molecular complexity index is 373. The first kappa shape index (κ1) is 13.1. The maximum absolute atomic E-state index is 5.39. The molecule has 1 aromatic heterocycles. The maximum atomic E-state index is 5.39. The number of ether oxygens (including phenoxy) is 1. The molecule has 1 heterocycles. The fourth-order valence-electron chi connectivity index (χ4n) is 2.89. The van der Waals surface area contributed by atoms with Crippen molar-refractivity contribution < 1.29 is 4.74 Å². The molecule has 0 bridgehead atoms. The summed E-state index contributed by atoms with van der Waals surface area (Å²) in [4.78, 5) is 8.63. The van der Waals surface area contributed by atoms with Crippen LogP contribution in [0.2, 0.25) is 0 Å². The molecule has 1 aliphatic rings. The van der Waals surface area contributed by atoms with Gasteiger partial charge in [-0.2, -0.15) is 4.98 Å². The minimum Gasteiger partial charge on any atom is -0.478 e. The van der Waals surface area contributed by atoms with Crippen molar-refractivity contribution in [2.24, 2.45) is 11.8 Å². The van der Waals surface area contributed by atoms with Gasteiger partial charge in [-0.15, -0.1) is 0 Å². The molecule has 0 aromatic carbocycles. The van der Waals surface area contributed by atoms with E-state index in [1.54, 1.807) is 12.3 Å². The summed E-state index contributed by atoms with van der Waals surface area (Å²) < 4.78 is 5.39. The van der Waals surface area contributed by atoms with Crippen molar-refractivity contribution in [1.29, 1.82) is 0 Å². The van der Waals surface area contributed by atoms with E-state index in [2.05, 4.69) is 29.1 Å². The summed E-state index contributed by atoms with van der Waals surface area (Å²) in [7, 11) is 0. The SMILES string of the molecule is CCOc1ccnc(NC2CC(C)CC(C)C2)n1. The average Bonchev–Trinajstić information content (AvgIpc) is 2.28. The Morgan fingerprint density at radius 3 is 2.67 bits per heavy atom. The Morgan fingerprint density at radius 2 is 2.00 bits per heavy atom. The molecule has 4 heteroatoms. The summed E-state index contributed by atoms with van der Waals surface area (Å²) in [5.41, 5.74) is 0. The quantitative estimate of drug-likeness (QED) is 0.890. The number of hydrogen-bond donors (Lipinski definition) is 1. The monoisotopic (exact) mass is 249 g/mol. The molecule has 0 spiro atoms. The van der Waals surface area contributed by atoms with Crippen molar-refractivity contribution in [2.45, 2.75) is 46.1 Å². The fraction of sp³-hybridized carbons (Fsp3) is 0.714. The van der Waals surface area contributed by atoms with Crippen LogP contribution in [0.3, 0.4) is 0 Å². The van der Waals surface area contributed by atoms with Crippen molar-refractivity contribution in [1.82, 2.24) is 9.97 Å². The minimum absolute atomic E-state index is 0.487. The van der Waals surface area contributed by atoms with Gasteiger partial charge in [-0.1, -0.05) is 13.8 Å². The van der Waals surface area contributed by atoms with E-state index in [1.807, 2.05) is 6.92 Å². The Labute approximate surface area is 109 Å². The molecule has 18 heavy (non-hydrogen) atoms. The standard InChI is InChI=1S/C14H23N3O/c1-4-18-13-5-6-15-14(17-13)16-12-8-10(2)7-11(3)9-12/h5-6,10-12H,4,7-9H2,1-3H3,(H,15,16,17). The zero-order chi connectivity index (χ0) is 13.0. The minimum atomic E-state index is 0.487. The van der Waals surface area contributed by atoms with Crippen LogP contribution in [0.5, 0.6) is 5.88 Å². The summed E-state index contributed by atoms with van der Waals surface area (Å²) >= 11 is 0. The van der Waals surface area contributed by atoms with E-state index in [1.165, 1.54) is 19.3 Å². The Balaban J connectivity index is 1.97. The van der Waals surface area contributed by atoms with Crippen molar-refractivity contribution in [3.63, 3.8) is 0 Å². The fourth-order valence-corrected chi connectivity index (χ4v) is 2.89.